The van der Waals surface area contributed by atoms with E-state index in [1.807, 2.05) is 36.1 Å². The molecule has 1 heterocycles. The van der Waals surface area contributed by atoms with Gasteiger partial charge in [0, 0.05) is 38.3 Å². The summed E-state index contributed by atoms with van der Waals surface area (Å²) in [4.78, 5) is 17.1. The third kappa shape index (κ3) is 3.62. The number of rotatable bonds is 3. The fraction of sp³-hybridized carbons (Fsp3) is 0.350. The van der Waals surface area contributed by atoms with Crippen molar-refractivity contribution in [3.05, 3.63) is 70.8 Å². The van der Waals surface area contributed by atoms with E-state index in [2.05, 4.69) is 36.1 Å². The van der Waals surface area contributed by atoms with Crippen molar-refractivity contribution in [2.24, 2.45) is 0 Å². The molecule has 0 atom stereocenters. The third-order valence-corrected chi connectivity index (χ3v) is 4.69. The quantitative estimate of drug-likeness (QED) is 0.869. The van der Waals surface area contributed by atoms with Gasteiger partial charge in [0.25, 0.3) is 5.91 Å². The van der Waals surface area contributed by atoms with E-state index in [4.69, 9.17) is 0 Å². The molecule has 120 valence electrons. The van der Waals surface area contributed by atoms with E-state index >= 15 is 0 Å². The first-order chi connectivity index (χ1) is 11.1. The fourth-order valence-corrected chi connectivity index (χ4v) is 3.12. The monoisotopic (exact) mass is 308 g/mol. The highest BCUT2D eigenvalue weighted by Crippen LogP contribution is 2.15. The molecule has 23 heavy (non-hydrogen) atoms. The first-order valence-electron chi connectivity index (χ1n) is 8.27. The maximum atomic E-state index is 12.6. The summed E-state index contributed by atoms with van der Waals surface area (Å²) in [7, 11) is 0. The van der Waals surface area contributed by atoms with Gasteiger partial charge in [-0.2, -0.15) is 0 Å². The molecule has 1 aliphatic heterocycles. The number of carbonyl (C=O) groups is 1. The Labute approximate surface area is 138 Å². The van der Waals surface area contributed by atoms with Crippen molar-refractivity contribution in [1.29, 1.82) is 0 Å². The van der Waals surface area contributed by atoms with Gasteiger partial charge >= 0.3 is 0 Å². The van der Waals surface area contributed by atoms with E-state index < -0.39 is 0 Å². The van der Waals surface area contributed by atoms with Crippen LogP contribution in [0.3, 0.4) is 0 Å². The predicted molar refractivity (Wildman–Crippen MR) is 93.5 cm³/mol. The average molecular weight is 308 g/mol. The summed E-state index contributed by atoms with van der Waals surface area (Å²) in [6, 6.07) is 16.4. The van der Waals surface area contributed by atoms with Crippen LogP contribution in [0.5, 0.6) is 0 Å². The number of benzene rings is 2. The van der Waals surface area contributed by atoms with Gasteiger partial charge in [-0.1, -0.05) is 42.5 Å². The molecule has 1 saturated heterocycles. The highest BCUT2D eigenvalue weighted by molar-refractivity contribution is 5.95. The molecule has 2 aromatic carbocycles. The molecule has 0 spiro atoms. The number of hydrogen-bond donors (Lipinski definition) is 0. The lowest BCUT2D eigenvalue weighted by molar-refractivity contribution is 0.0627. The molecule has 0 aliphatic carbocycles. The molecule has 0 unspecified atom stereocenters. The molecule has 1 fully saturated rings. The lowest BCUT2D eigenvalue weighted by Crippen LogP contribution is -2.48. The minimum atomic E-state index is 0.165. The average Bonchev–Trinajstić information content (AvgIpc) is 2.57. The van der Waals surface area contributed by atoms with Crippen LogP contribution in [-0.2, 0) is 6.54 Å². The molecule has 0 bridgehead atoms. The zero-order valence-corrected chi connectivity index (χ0v) is 14.0. The number of carbonyl (C=O) groups excluding carboxylic acids is 1. The zero-order chi connectivity index (χ0) is 16.2. The standard InChI is InChI=1S/C20H24N2O/c1-16-7-3-5-9-18(16)15-21-11-13-22(14-12-21)20(23)19-10-6-4-8-17(19)2/h3-10H,11-15H2,1-2H3. The van der Waals surface area contributed by atoms with Crippen LogP contribution in [0.25, 0.3) is 0 Å². The summed E-state index contributed by atoms with van der Waals surface area (Å²) < 4.78 is 0. The highest BCUT2D eigenvalue weighted by Gasteiger charge is 2.23. The van der Waals surface area contributed by atoms with Crippen LogP contribution in [0.2, 0.25) is 0 Å². The summed E-state index contributed by atoms with van der Waals surface area (Å²) in [6.07, 6.45) is 0. The first kappa shape index (κ1) is 15.8. The predicted octanol–water partition coefficient (Wildman–Crippen LogP) is 3.26. The molecule has 3 nitrogen and oxygen atoms in total. The van der Waals surface area contributed by atoms with Gasteiger partial charge in [0.05, 0.1) is 0 Å². The molecular formula is C20H24N2O. The molecule has 3 rings (SSSR count). The second-order valence-corrected chi connectivity index (χ2v) is 6.31. The van der Waals surface area contributed by atoms with Gasteiger partial charge in [-0.15, -0.1) is 0 Å². The van der Waals surface area contributed by atoms with Crippen molar-refractivity contribution in [2.75, 3.05) is 26.2 Å². The molecule has 0 aromatic heterocycles. The molecule has 0 saturated carbocycles. The van der Waals surface area contributed by atoms with Crippen LogP contribution in [0.1, 0.15) is 27.0 Å². The molecule has 0 N–H and O–H groups in total. The Morgan fingerprint density at radius 1 is 0.870 bits per heavy atom. The topological polar surface area (TPSA) is 23.6 Å². The first-order valence-corrected chi connectivity index (χ1v) is 8.27. The summed E-state index contributed by atoms with van der Waals surface area (Å²) in [5.41, 5.74) is 4.61. The second-order valence-electron chi connectivity index (χ2n) is 6.31. The van der Waals surface area contributed by atoms with Crippen LogP contribution < -0.4 is 0 Å². The molecule has 2 aromatic rings. The van der Waals surface area contributed by atoms with Gasteiger partial charge in [-0.05, 0) is 36.6 Å². The van der Waals surface area contributed by atoms with Crippen molar-refractivity contribution in [3.63, 3.8) is 0 Å². The van der Waals surface area contributed by atoms with Crippen LogP contribution in [0.15, 0.2) is 48.5 Å². The molecular weight excluding hydrogens is 284 g/mol. The SMILES string of the molecule is Cc1ccccc1CN1CCN(C(=O)c2ccccc2C)CC1. The van der Waals surface area contributed by atoms with Gasteiger partial charge in [0.2, 0.25) is 0 Å². The van der Waals surface area contributed by atoms with E-state index in [9.17, 15) is 4.79 Å². The second kappa shape index (κ2) is 6.97. The Balaban J connectivity index is 1.59. The van der Waals surface area contributed by atoms with Gasteiger partial charge in [0.1, 0.15) is 0 Å². The van der Waals surface area contributed by atoms with Crippen molar-refractivity contribution in [2.45, 2.75) is 20.4 Å². The summed E-state index contributed by atoms with van der Waals surface area (Å²) in [6.45, 7) is 8.62. The fourth-order valence-electron chi connectivity index (χ4n) is 3.12. The van der Waals surface area contributed by atoms with Gasteiger partial charge in [-0.25, -0.2) is 0 Å². The molecule has 1 amide bonds. The van der Waals surface area contributed by atoms with Crippen molar-refractivity contribution < 1.29 is 4.79 Å². The van der Waals surface area contributed by atoms with Crippen molar-refractivity contribution in [3.8, 4) is 0 Å². The van der Waals surface area contributed by atoms with Gasteiger partial charge in [-0.3, -0.25) is 9.69 Å². The van der Waals surface area contributed by atoms with Crippen LogP contribution in [0.4, 0.5) is 0 Å². The summed E-state index contributed by atoms with van der Waals surface area (Å²) in [5, 5.41) is 0. The maximum Gasteiger partial charge on any atom is 0.254 e. The Morgan fingerprint density at radius 3 is 2.13 bits per heavy atom. The number of aryl methyl sites for hydroxylation is 2. The smallest absolute Gasteiger partial charge is 0.254 e. The molecule has 3 heteroatoms. The summed E-state index contributed by atoms with van der Waals surface area (Å²) in [5.74, 6) is 0.165. The maximum absolute atomic E-state index is 12.6. The van der Waals surface area contributed by atoms with Crippen LogP contribution in [-0.4, -0.2) is 41.9 Å². The minimum absolute atomic E-state index is 0.165. The Hall–Kier alpha value is -2.13. The van der Waals surface area contributed by atoms with E-state index in [0.717, 1.165) is 43.9 Å². The largest absolute Gasteiger partial charge is 0.336 e. The Kier molecular flexibility index (Phi) is 4.77. The highest BCUT2D eigenvalue weighted by atomic mass is 16.2. The van der Waals surface area contributed by atoms with E-state index in [1.54, 1.807) is 0 Å². The number of amides is 1. The minimum Gasteiger partial charge on any atom is -0.336 e. The van der Waals surface area contributed by atoms with Crippen LogP contribution >= 0.6 is 0 Å². The lowest BCUT2D eigenvalue weighted by Gasteiger charge is -2.35. The van der Waals surface area contributed by atoms with Crippen LogP contribution in [0, 0.1) is 13.8 Å². The molecule has 1 aliphatic rings. The number of hydrogen-bond acceptors (Lipinski definition) is 2. The number of nitrogens with zero attached hydrogens (tertiary/aromatic N) is 2. The van der Waals surface area contributed by atoms with Gasteiger partial charge < -0.3 is 4.90 Å². The third-order valence-electron chi connectivity index (χ3n) is 4.69. The lowest BCUT2D eigenvalue weighted by atomic mass is 10.1. The Bertz CT molecular complexity index is 688. The van der Waals surface area contributed by atoms with E-state index in [0.29, 0.717) is 0 Å². The van der Waals surface area contributed by atoms with Crippen molar-refractivity contribution in [1.82, 2.24) is 9.80 Å². The summed E-state index contributed by atoms with van der Waals surface area (Å²) >= 11 is 0. The Morgan fingerprint density at radius 2 is 1.48 bits per heavy atom. The number of piperazine rings is 1. The zero-order valence-electron chi connectivity index (χ0n) is 14.0. The normalized spacial score (nSPS) is 15.7. The van der Waals surface area contributed by atoms with E-state index in [1.165, 1.54) is 11.1 Å². The van der Waals surface area contributed by atoms with E-state index in [-0.39, 0.29) is 5.91 Å². The van der Waals surface area contributed by atoms with Crippen molar-refractivity contribution >= 4 is 5.91 Å². The van der Waals surface area contributed by atoms with Gasteiger partial charge in [0.15, 0.2) is 0 Å². The molecule has 0 radical (unpaired) electrons.